The second-order valence-corrected chi connectivity index (χ2v) is 11.1. The molecule has 0 aliphatic carbocycles. The van der Waals surface area contributed by atoms with E-state index >= 15 is 0 Å². The van der Waals surface area contributed by atoms with Crippen LogP contribution in [0.2, 0.25) is 5.02 Å². The lowest BCUT2D eigenvalue weighted by Crippen LogP contribution is -2.51. The summed E-state index contributed by atoms with van der Waals surface area (Å²) in [5.41, 5.74) is 0.838. The van der Waals surface area contributed by atoms with Gasteiger partial charge >= 0.3 is 0 Å². The highest BCUT2D eigenvalue weighted by Crippen LogP contribution is 2.25. The number of anilines is 1. The molecule has 0 bridgehead atoms. The first-order valence-corrected chi connectivity index (χ1v) is 14.1. The van der Waals surface area contributed by atoms with Gasteiger partial charge in [-0.1, -0.05) is 55.3 Å². The summed E-state index contributed by atoms with van der Waals surface area (Å²) in [4.78, 5) is 28.0. The van der Waals surface area contributed by atoms with Crippen LogP contribution in [0.15, 0.2) is 83.8 Å². The minimum atomic E-state index is -4.19. The topological polar surface area (TPSA) is 86.8 Å². The molecule has 0 saturated carbocycles. The summed E-state index contributed by atoms with van der Waals surface area (Å²) >= 11 is 6.01. The third kappa shape index (κ3) is 7.55. The number of nitrogens with one attached hydrogen (secondary N) is 1. The van der Waals surface area contributed by atoms with E-state index in [4.69, 9.17) is 11.6 Å². The highest BCUT2D eigenvalue weighted by Gasteiger charge is 2.32. The van der Waals surface area contributed by atoms with E-state index in [-0.39, 0.29) is 23.0 Å². The molecule has 1 atom stereocenters. The SMILES string of the molecule is CCCCNC(=O)C(C)N(Cc1ccc(Cl)cc1)C(=O)CN(c1ccc(F)cc1)S(=O)(=O)c1ccccc1. The molecular formula is C28H31ClFN3O4S. The van der Waals surface area contributed by atoms with E-state index in [1.54, 1.807) is 49.4 Å². The molecule has 2 amide bonds. The lowest BCUT2D eigenvalue weighted by atomic mass is 10.1. The Hall–Kier alpha value is -3.43. The molecular weight excluding hydrogens is 529 g/mol. The van der Waals surface area contributed by atoms with E-state index in [2.05, 4.69) is 5.32 Å². The molecule has 0 saturated heterocycles. The fraction of sp³-hybridized carbons (Fsp3) is 0.286. The zero-order chi connectivity index (χ0) is 27.7. The van der Waals surface area contributed by atoms with Crippen LogP contribution >= 0.6 is 11.6 Å². The maximum atomic E-state index is 13.8. The van der Waals surface area contributed by atoms with Crippen LogP contribution in [-0.2, 0) is 26.2 Å². The number of hydrogen-bond donors (Lipinski definition) is 1. The Balaban J connectivity index is 1.97. The van der Waals surface area contributed by atoms with Gasteiger partial charge < -0.3 is 10.2 Å². The lowest BCUT2D eigenvalue weighted by Gasteiger charge is -2.32. The molecule has 1 unspecified atom stereocenters. The van der Waals surface area contributed by atoms with E-state index in [1.807, 2.05) is 6.92 Å². The summed E-state index contributed by atoms with van der Waals surface area (Å²) in [6, 6.07) is 18.5. The molecule has 7 nitrogen and oxygen atoms in total. The van der Waals surface area contributed by atoms with Crippen LogP contribution in [0, 0.1) is 5.82 Å². The summed E-state index contributed by atoms with van der Waals surface area (Å²) in [5, 5.41) is 3.36. The van der Waals surface area contributed by atoms with Crippen LogP contribution in [0.25, 0.3) is 0 Å². The Morgan fingerprint density at radius 3 is 2.21 bits per heavy atom. The van der Waals surface area contributed by atoms with Crippen LogP contribution in [0.3, 0.4) is 0 Å². The third-order valence-corrected chi connectivity index (χ3v) is 8.03. The molecule has 0 aliphatic rings. The molecule has 0 aliphatic heterocycles. The molecule has 10 heteroatoms. The average Bonchev–Trinajstić information content (AvgIpc) is 2.92. The van der Waals surface area contributed by atoms with E-state index in [9.17, 15) is 22.4 Å². The van der Waals surface area contributed by atoms with Crippen molar-refractivity contribution in [3.63, 3.8) is 0 Å². The highest BCUT2D eigenvalue weighted by molar-refractivity contribution is 7.92. The second-order valence-electron chi connectivity index (χ2n) is 8.77. The molecule has 3 rings (SSSR count). The third-order valence-electron chi connectivity index (χ3n) is 5.99. The first kappa shape index (κ1) is 29.1. The standard InChI is InChI=1S/C28H31ClFN3O4S/c1-3-4-18-31-28(35)21(2)32(19-22-10-12-23(29)13-11-22)27(34)20-33(25-16-14-24(30)15-17-25)38(36,37)26-8-6-5-7-9-26/h5-17,21H,3-4,18-20H2,1-2H3,(H,31,35). The second kappa shape index (κ2) is 13.4. The van der Waals surface area contributed by atoms with Gasteiger partial charge in [-0.25, -0.2) is 12.8 Å². The number of amides is 2. The predicted molar refractivity (Wildman–Crippen MR) is 147 cm³/mol. The number of unbranched alkanes of at least 4 members (excludes halogenated alkanes) is 1. The Morgan fingerprint density at radius 2 is 1.61 bits per heavy atom. The zero-order valence-electron chi connectivity index (χ0n) is 21.3. The maximum absolute atomic E-state index is 13.8. The lowest BCUT2D eigenvalue weighted by molar-refractivity contribution is -0.139. The van der Waals surface area contributed by atoms with Crippen molar-refractivity contribution < 1.29 is 22.4 Å². The molecule has 0 spiro atoms. The van der Waals surface area contributed by atoms with Gasteiger partial charge in [0, 0.05) is 18.1 Å². The van der Waals surface area contributed by atoms with Crippen molar-refractivity contribution >= 4 is 39.1 Å². The molecule has 0 aromatic heterocycles. The van der Waals surface area contributed by atoms with Crippen LogP contribution in [0.1, 0.15) is 32.3 Å². The smallest absolute Gasteiger partial charge is 0.264 e. The Labute approximate surface area is 228 Å². The zero-order valence-corrected chi connectivity index (χ0v) is 22.9. The first-order valence-electron chi connectivity index (χ1n) is 12.3. The molecule has 38 heavy (non-hydrogen) atoms. The van der Waals surface area contributed by atoms with Crippen molar-refractivity contribution in [2.45, 2.75) is 44.2 Å². The summed E-state index contributed by atoms with van der Waals surface area (Å²) in [7, 11) is -4.19. The number of carbonyl (C=O) groups is 2. The van der Waals surface area contributed by atoms with Crippen molar-refractivity contribution in [2.75, 3.05) is 17.4 Å². The van der Waals surface area contributed by atoms with Gasteiger partial charge in [-0.2, -0.15) is 0 Å². The van der Waals surface area contributed by atoms with Crippen molar-refractivity contribution in [3.8, 4) is 0 Å². The monoisotopic (exact) mass is 559 g/mol. The Morgan fingerprint density at radius 1 is 0.974 bits per heavy atom. The summed E-state index contributed by atoms with van der Waals surface area (Å²) < 4.78 is 41.8. The summed E-state index contributed by atoms with van der Waals surface area (Å²) in [5.74, 6) is -1.49. The minimum absolute atomic E-state index is 0.0215. The predicted octanol–water partition coefficient (Wildman–Crippen LogP) is 5.01. The van der Waals surface area contributed by atoms with Gasteiger partial charge in [-0.3, -0.25) is 13.9 Å². The number of halogens is 2. The fourth-order valence-electron chi connectivity index (χ4n) is 3.76. The van der Waals surface area contributed by atoms with Gasteiger partial charge in [-0.05, 0) is 67.4 Å². The molecule has 0 radical (unpaired) electrons. The van der Waals surface area contributed by atoms with Crippen molar-refractivity contribution in [1.82, 2.24) is 10.2 Å². The van der Waals surface area contributed by atoms with Crippen LogP contribution < -0.4 is 9.62 Å². The van der Waals surface area contributed by atoms with E-state index in [0.717, 1.165) is 34.8 Å². The summed E-state index contributed by atoms with van der Waals surface area (Å²) in [6.07, 6.45) is 1.68. The van der Waals surface area contributed by atoms with Gasteiger partial charge in [0.2, 0.25) is 11.8 Å². The largest absolute Gasteiger partial charge is 0.354 e. The molecule has 3 aromatic rings. The van der Waals surface area contributed by atoms with Crippen LogP contribution in [0.5, 0.6) is 0 Å². The van der Waals surface area contributed by atoms with E-state index in [1.165, 1.54) is 29.2 Å². The van der Waals surface area contributed by atoms with Gasteiger partial charge in [-0.15, -0.1) is 0 Å². The average molecular weight is 560 g/mol. The van der Waals surface area contributed by atoms with Crippen molar-refractivity contribution in [2.24, 2.45) is 0 Å². The number of rotatable bonds is 12. The van der Waals surface area contributed by atoms with Crippen molar-refractivity contribution in [1.29, 1.82) is 0 Å². The molecule has 3 aromatic carbocycles. The van der Waals surface area contributed by atoms with Gasteiger partial charge in [0.05, 0.1) is 10.6 Å². The first-order chi connectivity index (χ1) is 18.1. The van der Waals surface area contributed by atoms with Gasteiger partial charge in [0.1, 0.15) is 18.4 Å². The Bertz CT molecular complexity index is 1320. The van der Waals surface area contributed by atoms with Crippen molar-refractivity contribution in [3.05, 3.63) is 95.3 Å². The van der Waals surface area contributed by atoms with E-state index < -0.39 is 34.3 Å². The number of sulfonamides is 1. The molecule has 0 heterocycles. The fourth-order valence-corrected chi connectivity index (χ4v) is 5.32. The minimum Gasteiger partial charge on any atom is -0.354 e. The normalized spacial score (nSPS) is 12.0. The van der Waals surface area contributed by atoms with Gasteiger partial charge in [0.25, 0.3) is 10.0 Å². The number of benzene rings is 3. The summed E-state index contributed by atoms with van der Waals surface area (Å²) in [6.45, 7) is 3.53. The number of carbonyl (C=O) groups excluding carboxylic acids is 2. The highest BCUT2D eigenvalue weighted by atomic mass is 35.5. The van der Waals surface area contributed by atoms with Crippen LogP contribution in [-0.4, -0.2) is 44.3 Å². The van der Waals surface area contributed by atoms with Gasteiger partial charge in [0.15, 0.2) is 0 Å². The molecule has 202 valence electrons. The number of hydrogen-bond acceptors (Lipinski definition) is 4. The maximum Gasteiger partial charge on any atom is 0.264 e. The molecule has 0 fully saturated rings. The van der Waals surface area contributed by atoms with Crippen LogP contribution in [0.4, 0.5) is 10.1 Å². The quantitative estimate of drug-likeness (QED) is 0.316. The van der Waals surface area contributed by atoms with E-state index in [0.29, 0.717) is 11.6 Å². The number of nitrogens with zero attached hydrogens (tertiary/aromatic N) is 2. The molecule has 1 N–H and O–H groups in total. The Kier molecular flexibility index (Phi) is 10.3.